The third kappa shape index (κ3) is 4.87. The Morgan fingerprint density at radius 1 is 0.808 bits per heavy atom. The van der Waals surface area contributed by atoms with Crippen LogP contribution >= 0.6 is 23.5 Å². The summed E-state index contributed by atoms with van der Waals surface area (Å²) >= 11 is 2.62. The highest BCUT2D eigenvalue weighted by atomic mass is 32.2. The van der Waals surface area contributed by atoms with E-state index in [-0.39, 0.29) is 11.1 Å². The molecule has 0 amide bonds. The maximum absolute atomic E-state index is 11.8. The summed E-state index contributed by atoms with van der Waals surface area (Å²) in [6.07, 6.45) is 3.58. The van der Waals surface area contributed by atoms with Gasteiger partial charge in [-0.2, -0.15) is 10.5 Å². The molecule has 0 N–H and O–H groups in total. The second kappa shape index (κ2) is 10.6. The van der Waals surface area contributed by atoms with E-state index in [1.165, 1.54) is 37.7 Å². The minimum absolute atomic E-state index is 0.0265. The molecule has 0 aromatic rings. The van der Waals surface area contributed by atoms with E-state index in [9.17, 15) is 20.1 Å². The second-order valence-electron chi connectivity index (χ2n) is 4.95. The molecule has 0 atom stereocenters. The van der Waals surface area contributed by atoms with Crippen molar-refractivity contribution >= 4 is 35.5 Å². The minimum Gasteiger partial charge on any atom is -0.465 e. The molecule has 1 heterocycles. The van der Waals surface area contributed by atoms with Crippen molar-refractivity contribution in [3.05, 3.63) is 21.2 Å². The Morgan fingerprint density at radius 3 is 1.31 bits per heavy atom. The number of ether oxygens (including phenoxy) is 2. The first-order valence-corrected chi connectivity index (χ1v) is 9.97. The molecule has 0 bridgehead atoms. The smallest absolute Gasteiger partial charge is 0.351 e. The monoisotopic (exact) mass is 396 g/mol. The molecular weight excluding hydrogens is 376 g/mol. The van der Waals surface area contributed by atoms with Gasteiger partial charge in [0.1, 0.15) is 12.1 Å². The lowest BCUT2D eigenvalue weighted by Gasteiger charge is -2.38. The van der Waals surface area contributed by atoms with Crippen LogP contribution in [-0.4, -0.2) is 74.6 Å². The van der Waals surface area contributed by atoms with Crippen molar-refractivity contribution < 1.29 is 19.1 Å². The first-order chi connectivity index (χ1) is 12.5. The Morgan fingerprint density at radius 2 is 1.12 bits per heavy atom. The van der Waals surface area contributed by atoms with Crippen molar-refractivity contribution in [3.63, 3.8) is 0 Å². The average molecular weight is 396 g/mol. The van der Waals surface area contributed by atoms with Crippen LogP contribution in [0.2, 0.25) is 0 Å². The highest BCUT2D eigenvalue weighted by Gasteiger charge is 2.27. The number of hydrogen-bond donors (Lipinski definition) is 0. The van der Waals surface area contributed by atoms with Crippen LogP contribution in [0.4, 0.5) is 0 Å². The van der Waals surface area contributed by atoms with Gasteiger partial charge in [0, 0.05) is 26.2 Å². The Balaban J connectivity index is 3.05. The predicted octanol–water partition coefficient (Wildman–Crippen LogP) is 1.15. The zero-order valence-electron chi connectivity index (χ0n) is 15.1. The van der Waals surface area contributed by atoms with Crippen molar-refractivity contribution in [2.75, 3.05) is 52.9 Å². The van der Waals surface area contributed by atoms with Crippen LogP contribution in [0.1, 0.15) is 0 Å². The molecule has 0 unspecified atom stereocenters. The molecule has 0 spiro atoms. The summed E-state index contributed by atoms with van der Waals surface area (Å²) in [7, 11) is 2.47. The fourth-order valence-corrected chi connectivity index (χ4v) is 4.00. The van der Waals surface area contributed by atoms with Gasteiger partial charge >= 0.3 is 11.9 Å². The van der Waals surface area contributed by atoms with Gasteiger partial charge in [0.2, 0.25) is 0 Å². The molecule has 26 heavy (non-hydrogen) atoms. The first-order valence-electron chi connectivity index (χ1n) is 7.52. The summed E-state index contributed by atoms with van der Waals surface area (Å²) in [4.78, 5) is 27.4. The molecule has 8 nitrogen and oxygen atoms in total. The molecule has 1 fully saturated rings. The lowest BCUT2D eigenvalue weighted by Crippen LogP contribution is -2.45. The third-order valence-electron chi connectivity index (χ3n) is 3.67. The number of hydrogen-bond acceptors (Lipinski definition) is 10. The van der Waals surface area contributed by atoms with Crippen LogP contribution in [0.25, 0.3) is 0 Å². The Hall–Kier alpha value is -2.30. The third-order valence-corrected chi connectivity index (χ3v) is 5.37. The topological polar surface area (TPSA) is 107 Å². The molecule has 1 aliphatic rings. The van der Waals surface area contributed by atoms with Gasteiger partial charge in [-0.15, -0.1) is 23.5 Å². The Kier molecular flexibility index (Phi) is 8.90. The lowest BCUT2D eigenvalue weighted by atomic mass is 10.2. The molecule has 1 saturated heterocycles. The molecule has 140 valence electrons. The van der Waals surface area contributed by atoms with Gasteiger partial charge in [-0.1, -0.05) is 0 Å². The number of carbonyl (C=O) groups excluding carboxylic acids is 2. The zero-order valence-corrected chi connectivity index (χ0v) is 16.7. The van der Waals surface area contributed by atoms with Gasteiger partial charge in [0.15, 0.2) is 11.1 Å². The number of esters is 2. The Labute approximate surface area is 161 Å². The second-order valence-corrected chi connectivity index (χ2v) is 6.54. The first kappa shape index (κ1) is 21.7. The molecule has 0 aliphatic carbocycles. The van der Waals surface area contributed by atoms with Gasteiger partial charge < -0.3 is 19.3 Å². The number of methoxy groups -OCH3 is 2. The standard InChI is InChI=1S/C16H20N4O4S2/c1-23-15(21)11(9-17)13(25-3)19-5-7-20(8-6-19)14(26-4)12(10-18)16(22)24-2/h5-8H2,1-4H3/b13-11+,14-12+. The minimum atomic E-state index is -0.665. The van der Waals surface area contributed by atoms with E-state index in [0.717, 1.165) is 0 Å². The highest BCUT2D eigenvalue weighted by molar-refractivity contribution is 8.02. The quantitative estimate of drug-likeness (QED) is 0.368. The highest BCUT2D eigenvalue weighted by Crippen LogP contribution is 2.28. The number of thioether (sulfide) groups is 2. The number of rotatable bonds is 6. The fourth-order valence-electron chi connectivity index (χ4n) is 2.46. The summed E-state index contributed by atoms with van der Waals surface area (Å²) in [6, 6.07) is 3.81. The zero-order chi connectivity index (χ0) is 19.7. The molecule has 0 radical (unpaired) electrons. The van der Waals surface area contributed by atoms with Gasteiger partial charge in [-0.25, -0.2) is 9.59 Å². The van der Waals surface area contributed by atoms with Crippen LogP contribution in [-0.2, 0) is 19.1 Å². The summed E-state index contributed by atoms with van der Waals surface area (Å²) < 4.78 is 9.34. The number of carbonyl (C=O) groups is 2. The van der Waals surface area contributed by atoms with E-state index in [0.29, 0.717) is 36.2 Å². The molecule has 10 heteroatoms. The molecule has 0 aromatic carbocycles. The van der Waals surface area contributed by atoms with Crippen molar-refractivity contribution in [1.82, 2.24) is 9.80 Å². The number of nitriles is 2. The van der Waals surface area contributed by atoms with E-state index in [1.54, 1.807) is 12.5 Å². The maximum atomic E-state index is 11.8. The van der Waals surface area contributed by atoms with Crippen molar-refractivity contribution in [1.29, 1.82) is 10.5 Å². The SMILES string of the molecule is COC(=O)/C(C#N)=C(/SC)N1CCN(/C(SC)=C(/C#N)C(=O)OC)CC1. The molecule has 0 saturated carbocycles. The van der Waals surface area contributed by atoms with E-state index < -0.39 is 11.9 Å². The van der Waals surface area contributed by atoms with Gasteiger partial charge in [-0.3, -0.25) is 0 Å². The van der Waals surface area contributed by atoms with Crippen LogP contribution in [0.15, 0.2) is 21.2 Å². The van der Waals surface area contributed by atoms with E-state index in [1.807, 2.05) is 21.9 Å². The van der Waals surface area contributed by atoms with Crippen molar-refractivity contribution in [3.8, 4) is 12.1 Å². The average Bonchev–Trinajstić information content (AvgIpc) is 2.69. The van der Waals surface area contributed by atoms with Crippen LogP contribution < -0.4 is 0 Å². The van der Waals surface area contributed by atoms with Crippen LogP contribution in [0.3, 0.4) is 0 Å². The normalized spacial score (nSPS) is 15.9. The Bertz CT molecular complexity index is 638. The molecule has 1 aliphatic heterocycles. The van der Waals surface area contributed by atoms with Crippen LogP contribution in [0, 0.1) is 22.7 Å². The van der Waals surface area contributed by atoms with Gasteiger partial charge in [0.05, 0.1) is 24.3 Å². The van der Waals surface area contributed by atoms with Crippen molar-refractivity contribution in [2.45, 2.75) is 0 Å². The van der Waals surface area contributed by atoms with Gasteiger partial charge in [-0.05, 0) is 12.5 Å². The summed E-state index contributed by atoms with van der Waals surface area (Å²) in [5.41, 5.74) is -0.0530. The number of piperazine rings is 1. The van der Waals surface area contributed by atoms with Gasteiger partial charge in [0.25, 0.3) is 0 Å². The summed E-state index contributed by atoms with van der Waals surface area (Å²) in [6.45, 7) is 2.12. The predicted molar refractivity (Wildman–Crippen MR) is 99.5 cm³/mol. The molecular formula is C16H20N4O4S2. The molecule has 0 aromatic heterocycles. The maximum Gasteiger partial charge on any atom is 0.351 e. The summed E-state index contributed by atoms with van der Waals surface area (Å²) in [5.74, 6) is -1.33. The van der Waals surface area contributed by atoms with Crippen molar-refractivity contribution in [2.24, 2.45) is 0 Å². The largest absolute Gasteiger partial charge is 0.465 e. The number of nitrogens with zero attached hydrogens (tertiary/aromatic N) is 4. The van der Waals surface area contributed by atoms with E-state index in [4.69, 9.17) is 0 Å². The fraction of sp³-hybridized carbons (Fsp3) is 0.500. The summed E-state index contributed by atoms with van der Waals surface area (Å²) in [5, 5.41) is 19.7. The van der Waals surface area contributed by atoms with E-state index >= 15 is 0 Å². The lowest BCUT2D eigenvalue weighted by molar-refractivity contribution is -0.136. The van der Waals surface area contributed by atoms with Crippen LogP contribution in [0.5, 0.6) is 0 Å². The van der Waals surface area contributed by atoms with E-state index in [2.05, 4.69) is 9.47 Å². The molecule has 1 rings (SSSR count).